The normalized spacial score (nSPS) is 22.3. The predicted molar refractivity (Wildman–Crippen MR) is 80.7 cm³/mol. The van der Waals surface area contributed by atoms with Gasteiger partial charge in [-0.05, 0) is 44.2 Å². The lowest BCUT2D eigenvalue weighted by atomic mass is 9.77. The monoisotopic (exact) mass is 272 g/mol. The number of hydrogen-bond acceptors (Lipinski definition) is 3. The van der Waals surface area contributed by atoms with Crippen molar-refractivity contribution < 1.29 is 0 Å². The second-order valence-corrected chi connectivity index (χ2v) is 7.02. The van der Waals surface area contributed by atoms with E-state index >= 15 is 0 Å². The third-order valence-electron chi connectivity index (χ3n) is 4.13. The minimum atomic E-state index is -0.120. The Morgan fingerprint density at radius 1 is 1.26 bits per heavy atom. The molecule has 0 aliphatic heterocycles. The van der Waals surface area contributed by atoms with Crippen LogP contribution in [0.2, 0.25) is 0 Å². The second kappa shape index (κ2) is 4.73. The molecule has 2 aromatic rings. The topological polar surface area (TPSA) is 38.9 Å². The number of benzene rings is 1. The van der Waals surface area contributed by atoms with Gasteiger partial charge in [-0.25, -0.2) is 4.98 Å². The van der Waals surface area contributed by atoms with Crippen molar-refractivity contribution in [2.45, 2.75) is 45.1 Å². The van der Waals surface area contributed by atoms with Crippen molar-refractivity contribution >= 4 is 11.3 Å². The number of rotatable bonds is 2. The van der Waals surface area contributed by atoms with Crippen molar-refractivity contribution in [3.63, 3.8) is 0 Å². The second-order valence-electron chi connectivity index (χ2n) is 5.73. The van der Waals surface area contributed by atoms with Crippen LogP contribution >= 0.6 is 11.3 Å². The summed E-state index contributed by atoms with van der Waals surface area (Å²) in [6.07, 6.45) is 4.03. The number of thiazole rings is 1. The number of aromatic nitrogens is 1. The van der Waals surface area contributed by atoms with Crippen molar-refractivity contribution in [1.82, 2.24) is 4.98 Å². The predicted octanol–water partition coefficient (Wildman–Crippen LogP) is 3.19. The molecule has 0 radical (unpaired) electrons. The molecular formula is C16H20N2S. The van der Waals surface area contributed by atoms with Gasteiger partial charge >= 0.3 is 0 Å². The molecule has 1 aromatic carbocycles. The molecule has 19 heavy (non-hydrogen) atoms. The van der Waals surface area contributed by atoms with Crippen molar-refractivity contribution in [2.75, 3.05) is 0 Å². The maximum absolute atomic E-state index is 6.63. The lowest BCUT2D eigenvalue weighted by molar-refractivity contribution is 0.368. The summed E-state index contributed by atoms with van der Waals surface area (Å²) in [7, 11) is 0. The Bertz CT molecular complexity index is 583. The zero-order valence-corrected chi connectivity index (χ0v) is 12.4. The maximum Gasteiger partial charge on any atom is 0.0949 e. The molecular weight excluding hydrogens is 252 g/mol. The first-order valence-electron chi connectivity index (χ1n) is 6.84. The number of nitrogens with zero attached hydrogens (tertiary/aromatic N) is 1. The molecule has 0 spiro atoms. The van der Waals surface area contributed by atoms with Crippen molar-refractivity contribution in [1.29, 1.82) is 0 Å². The van der Waals surface area contributed by atoms with Gasteiger partial charge in [-0.1, -0.05) is 24.3 Å². The van der Waals surface area contributed by atoms with Crippen LogP contribution in [0.1, 0.15) is 33.1 Å². The van der Waals surface area contributed by atoms with Gasteiger partial charge in [0.2, 0.25) is 0 Å². The summed E-state index contributed by atoms with van der Waals surface area (Å²) < 4.78 is 0. The highest BCUT2D eigenvalue weighted by atomic mass is 32.1. The van der Waals surface area contributed by atoms with Crippen LogP contribution in [-0.4, -0.2) is 10.5 Å². The van der Waals surface area contributed by atoms with E-state index in [0.717, 1.165) is 31.4 Å². The van der Waals surface area contributed by atoms with Crippen LogP contribution in [0.25, 0.3) is 0 Å². The molecule has 3 rings (SSSR count). The van der Waals surface area contributed by atoms with E-state index in [2.05, 4.69) is 43.1 Å². The van der Waals surface area contributed by atoms with Crippen LogP contribution in [-0.2, 0) is 19.3 Å². The molecule has 1 atom stereocenters. The maximum atomic E-state index is 6.63. The molecule has 0 fully saturated rings. The lowest BCUT2D eigenvalue weighted by Crippen LogP contribution is -2.47. The van der Waals surface area contributed by atoms with Gasteiger partial charge in [0.25, 0.3) is 0 Å². The Labute approximate surface area is 118 Å². The number of aryl methyl sites for hydroxylation is 3. The molecule has 0 saturated heterocycles. The number of nitrogens with two attached hydrogens (primary N) is 1. The Morgan fingerprint density at radius 2 is 2.00 bits per heavy atom. The molecule has 1 aliphatic carbocycles. The average Bonchev–Trinajstić information content (AvgIpc) is 2.67. The minimum absolute atomic E-state index is 0.120. The molecule has 100 valence electrons. The first kappa shape index (κ1) is 12.8. The van der Waals surface area contributed by atoms with Crippen LogP contribution in [0.3, 0.4) is 0 Å². The van der Waals surface area contributed by atoms with Crippen LogP contribution in [0.5, 0.6) is 0 Å². The summed E-state index contributed by atoms with van der Waals surface area (Å²) in [5, 5.41) is 1.19. The molecule has 1 aliphatic rings. The van der Waals surface area contributed by atoms with Crippen LogP contribution < -0.4 is 5.73 Å². The lowest BCUT2D eigenvalue weighted by Gasteiger charge is -2.34. The summed E-state index contributed by atoms with van der Waals surface area (Å²) in [6.45, 7) is 4.21. The van der Waals surface area contributed by atoms with Gasteiger partial charge in [0, 0.05) is 16.8 Å². The van der Waals surface area contributed by atoms with E-state index in [0.29, 0.717) is 0 Å². The zero-order valence-electron chi connectivity index (χ0n) is 11.6. The fourth-order valence-electron chi connectivity index (χ4n) is 2.89. The third-order valence-corrected chi connectivity index (χ3v) is 5.20. The van der Waals surface area contributed by atoms with Gasteiger partial charge in [0.1, 0.15) is 0 Å². The quantitative estimate of drug-likeness (QED) is 0.912. The number of fused-ring (bicyclic) bond motifs is 1. The molecule has 1 unspecified atom stereocenters. The van der Waals surface area contributed by atoms with Crippen molar-refractivity contribution in [3.05, 3.63) is 51.0 Å². The SMILES string of the molecule is Cc1nc(CC2(N)CCc3ccccc3C2)sc1C. The van der Waals surface area contributed by atoms with Gasteiger partial charge in [0.05, 0.1) is 10.7 Å². The minimum Gasteiger partial charge on any atom is -0.324 e. The third kappa shape index (κ3) is 2.58. The molecule has 3 heteroatoms. The summed E-state index contributed by atoms with van der Waals surface area (Å²) in [5.74, 6) is 0. The van der Waals surface area contributed by atoms with E-state index in [1.807, 2.05) is 0 Å². The molecule has 1 aromatic heterocycles. The highest BCUT2D eigenvalue weighted by Crippen LogP contribution is 2.31. The van der Waals surface area contributed by atoms with E-state index in [1.165, 1.54) is 21.0 Å². The van der Waals surface area contributed by atoms with Gasteiger partial charge < -0.3 is 5.73 Å². The molecule has 0 bridgehead atoms. The van der Waals surface area contributed by atoms with Gasteiger partial charge in [0.15, 0.2) is 0 Å². The first-order chi connectivity index (χ1) is 9.06. The molecule has 0 saturated carbocycles. The van der Waals surface area contributed by atoms with Gasteiger partial charge in [-0.15, -0.1) is 11.3 Å². The van der Waals surface area contributed by atoms with E-state index in [4.69, 9.17) is 5.73 Å². The van der Waals surface area contributed by atoms with Crippen LogP contribution in [0.15, 0.2) is 24.3 Å². The summed E-state index contributed by atoms with van der Waals surface area (Å²) >= 11 is 1.80. The highest BCUT2D eigenvalue weighted by Gasteiger charge is 2.31. The van der Waals surface area contributed by atoms with E-state index < -0.39 is 0 Å². The summed E-state index contributed by atoms with van der Waals surface area (Å²) in [6, 6.07) is 8.68. The Balaban J connectivity index is 1.82. The molecule has 2 nitrogen and oxygen atoms in total. The van der Waals surface area contributed by atoms with Crippen molar-refractivity contribution in [3.8, 4) is 0 Å². The van der Waals surface area contributed by atoms with Crippen LogP contribution in [0.4, 0.5) is 0 Å². The van der Waals surface area contributed by atoms with Crippen molar-refractivity contribution in [2.24, 2.45) is 5.73 Å². The molecule has 2 N–H and O–H groups in total. The van der Waals surface area contributed by atoms with E-state index in [-0.39, 0.29) is 5.54 Å². The summed E-state index contributed by atoms with van der Waals surface area (Å²) in [5.41, 5.74) is 10.6. The zero-order chi connectivity index (χ0) is 13.5. The Morgan fingerprint density at radius 3 is 2.68 bits per heavy atom. The number of hydrogen-bond donors (Lipinski definition) is 1. The van der Waals surface area contributed by atoms with E-state index in [1.54, 1.807) is 11.3 Å². The fourth-order valence-corrected chi connectivity index (χ4v) is 3.98. The Kier molecular flexibility index (Phi) is 3.19. The summed E-state index contributed by atoms with van der Waals surface area (Å²) in [4.78, 5) is 5.96. The van der Waals surface area contributed by atoms with Gasteiger partial charge in [-0.3, -0.25) is 0 Å². The Hall–Kier alpha value is -1.19. The van der Waals surface area contributed by atoms with E-state index in [9.17, 15) is 0 Å². The first-order valence-corrected chi connectivity index (χ1v) is 7.66. The van der Waals surface area contributed by atoms with Crippen LogP contribution in [0, 0.1) is 13.8 Å². The van der Waals surface area contributed by atoms with Gasteiger partial charge in [-0.2, -0.15) is 0 Å². The fraction of sp³-hybridized carbons (Fsp3) is 0.438. The highest BCUT2D eigenvalue weighted by molar-refractivity contribution is 7.11. The molecule has 1 heterocycles. The standard InChI is InChI=1S/C16H20N2S/c1-11-12(2)19-15(18-11)10-16(17)8-7-13-5-3-4-6-14(13)9-16/h3-6H,7-10,17H2,1-2H3. The molecule has 0 amide bonds. The average molecular weight is 272 g/mol. The smallest absolute Gasteiger partial charge is 0.0949 e. The largest absolute Gasteiger partial charge is 0.324 e.